The summed E-state index contributed by atoms with van der Waals surface area (Å²) in [6.45, 7) is 1.20. The van der Waals surface area contributed by atoms with Gasteiger partial charge in [0.15, 0.2) is 0 Å². The lowest BCUT2D eigenvalue weighted by Crippen LogP contribution is -2.29. The van der Waals surface area contributed by atoms with E-state index in [1.165, 1.54) is 7.11 Å². The molecule has 2 N–H and O–H groups in total. The van der Waals surface area contributed by atoms with Crippen LogP contribution in [0.5, 0.6) is 0 Å². The summed E-state index contributed by atoms with van der Waals surface area (Å²) in [6.07, 6.45) is -0.998. The molecule has 84 valence electrons. The summed E-state index contributed by atoms with van der Waals surface area (Å²) >= 11 is 0. The van der Waals surface area contributed by atoms with E-state index in [1.807, 2.05) is 0 Å². The monoisotopic (exact) mass is 227 g/mol. The second-order valence-corrected chi connectivity index (χ2v) is 3.71. The van der Waals surface area contributed by atoms with Gasteiger partial charge in [0.2, 0.25) is 0 Å². The minimum atomic E-state index is -2.15. The molecule has 14 heavy (non-hydrogen) atoms. The summed E-state index contributed by atoms with van der Waals surface area (Å²) in [7, 11) is -0.896. The summed E-state index contributed by atoms with van der Waals surface area (Å²) in [4.78, 5) is 0. The Balaban J connectivity index is 3.73. The van der Waals surface area contributed by atoms with E-state index in [1.54, 1.807) is 6.92 Å². The number of rotatable bonds is 8. The first-order chi connectivity index (χ1) is 6.63. The Hall–Kier alpha value is -0.100. The van der Waals surface area contributed by atoms with Crippen molar-refractivity contribution in [2.24, 2.45) is 0 Å². The normalized spacial score (nSPS) is 16.4. The molecule has 0 saturated heterocycles. The van der Waals surface area contributed by atoms with E-state index < -0.39 is 20.5 Å². The topological polar surface area (TPSA) is 85.2 Å². The fourth-order valence-electron chi connectivity index (χ4n) is 0.703. The summed E-state index contributed by atoms with van der Waals surface area (Å²) in [5.41, 5.74) is 0. The molecular weight excluding hydrogens is 211 g/mol. The van der Waals surface area contributed by atoms with Crippen LogP contribution in [0.15, 0.2) is 0 Å². The van der Waals surface area contributed by atoms with Crippen LogP contribution in [0.1, 0.15) is 6.92 Å². The molecule has 0 bridgehead atoms. The Kier molecular flexibility index (Phi) is 8.17. The largest absolute Gasteiger partial charge is 0.697 e. The first kappa shape index (κ1) is 13.9. The van der Waals surface area contributed by atoms with Crippen molar-refractivity contribution in [3.8, 4) is 0 Å². The first-order valence-corrected chi connectivity index (χ1v) is 5.25. The summed E-state index contributed by atoms with van der Waals surface area (Å²) in [5.74, 6) is 0. The zero-order valence-corrected chi connectivity index (χ0v) is 9.15. The molecule has 6 nitrogen and oxygen atoms in total. The third-order valence-electron chi connectivity index (χ3n) is 1.40. The van der Waals surface area contributed by atoms with E-state index >= 15 is 0 Å². The van der Waals surface area contributed by atoms with E-state index in [4.69, 9.17) is 19.5 Å². The molecule has 0 radical (unpaired) electrons. The molecule has 0 spiro atoms. The van der Waals surface area contributed by atoms with E-state index in [0.717, 1.165) is 0 Å². The second-order valence-electron chi connectivity index (χ2n) is 2.64. The summed E-state index contributed by atoms with van der Waals surface area (Å²) in [5, 5.41) is 17.5. The number of hydrogen-bond donors (Lipinski definition) is 2. The van der Waals surface area contributed by atoms with Crippen LogP contribution in [0, 0.1) is 0 Å². The molecular formula is C7H16O6P+. The van der Waals surface area contributed by atoms with Gasteiger partial charge in [-0.1, -0.05) is 0 Å². The van der Waals surface area contributed by atoms with Crippen LogP contribution in [0.3, 0.4) is 0 Å². The maximum absolute atomic E-state index is 10.7. The fraction of sp³-hybridized carbons (Fsp3) is 1.00. The molecule has 0 saturated carbocycles. The highest BCUT2D eigenvalue weighted by Gasteiger charge is 2.22. The highest BCUT2D eigenvalue weighted by atomic mass is 31.1. The van der Waals surface area contributed by atoms with Crippen LogP contribution in [0.25, 0.3) is 0 Å². The highest BCUT2D eigenvalue weighted by Crippen LogP contribution is 2.22. The molecule has 0 aliphatic carbocycles. The zero-order chi connectivity index (χ0) is 11.0. The van der Waals surface area contributed by atoms with Gasteiger partial charge in [0.1, 0.15) is 12.7 Å². The lowest BCUT2D eigenvalue weighted by molar-refractivity contribution is -0.0684. The predicted molar refractivity (Wildman–Crippen MR) is 49.1 cm³/mol. The van der Waals surface area contributed by atoms with Crippen LogP contribution < -0.4 is 0 Å². The van der Waals surface area contributed by atoms with E-state index in [0.29, 0.717) is 0 Å². The van der Waals surface area contributed by atoms with Gasteiger partial charge in [-0.15, -0.1) is 9.05 Å². The third kappa shape index (κ3) is 6.37. The molecule has 0 aromatic carbocycles. The summed E-state index contributed by atoms with van der Waals surface area (Å²) < 4.78 is 24.9. The van der Waals surface area contributed by atoms with Crippen LogP contribution in [0.4, 0.5) is 0 Å². The Labute approximate surface area is 83.7 Å². The number of hydrogen-bond acceptors (Lipinski definition) is 6. The van der Waals surface area contributed by atoms with Crippen LogP contribution >= 0.6 is 8.25 Å². The Morgan fingerprint density at radius 3 is 2.43 bits per heavy atom. The lowest BCUT2D eigenvalue weighted by atomic mass is 10.3. The lowest BCUT2D eigenvalue weighted by Gasteiger charge is -2.16. The smallest absolute Gasteiger partial charge is 0.394 e. The third-order valence-corrected chi connectivity index (χ3v) is 2.06. The van der Waals surface area contributed by atoms with Crippen molar-refractivity contribution < 1.29 is 28.6 Å². The minimum Gasteiger partial charge on any atom is -0.394 e. The first-order valence-electron chi connectivity index (χ1n) is 4.15. The molecule has 7 heteroatoms. The van der Waals surface area contributed by atoms with Gasteiger partial charge in [-0.05, 0) is 6.92 Å². The van der Waals surface area contributed by atoms with Crippen molar-refractivity contribution >= 4 is 8.25 Å². The average molecular weight is 227 g/mol. The molecule has 3 atom stereocenters. The zero-order valence-electron chi connectivity index (χ0n) is 8.25. The van der Waals surface area contributed by atoms with Gasteiger partial charge in [-0.2, -0.15) is 0 Å². The number of aliphatic hydroxyl groups is 2. The van der Waals surface area contributed by atoms with Crippen molar-refractivity contribution in [1.29, 1.82) is 0 Å². The number of ether oxygens (including phenoxy) is 1. The van der Waals surface area contributed by atoms with Crippen LogP contribution in [-0.2, 0) is 18.3 Å². The maximum Gasteiger partial charge on any atom is 0.697 e. The molecule has 0 heterocycles. The van der Waals surface area contributed by atoms with Gasteiger partial charge in [-0.25, -0.2) is 0 Å². The quantitative estimate of drug-likeness (QED) is 0.570. The predicted octanol–water partition coefficient (Wildman–Crippen LogP) is 0.0651. The average Bonchev–Trinajstić information content (AvgIpc) is 2.22. The van der Waals surface area contributed by atoms with E-state index in [9.17, 15) is 4.57 Å². The SMILES string of the molecule is CO[P+](=O)OCC(CO)OC(C)CO. The standard InChI is InChI=1S/C7H16O6P/c1-6(3-8)13-7(4-9)5-12-14(10)11-2/h6-9H,3-5H2,1-2H3/q+1. The van der Waals surface area contributed by atoms with Crippen LogP contribution in [-0.4, -0.2) is 49.4 Å². The van der Waals surface area contributed by atoms with E-state index in [2.05, 4.69) is 4.52 Å². The van der Waals surface area contributed by atoms with Gasteiger partial charge in [-0.3, -0.25) is 0 Å². The molecule has 0 aromatic rings. The second kappa shape index (κ2) is 8.23. The van der Waals surface area contributed by atoms with Crippen molar-refractivity contribution in [3.63, 3.8) is 0 Å². The molecule has 0 amide bonds. The van der Waals surface area contributed by atoms with Gasteiger partial charge < -0.3 is 14.9 Å². The van der Waals surface area contributed by atoms with E-state index in [-0.39, 0.29) is 19.8 Å². The van der Waals surface area contributed by atoms with Gasteiger partial charge in [0.05, 0.1) is 26.4 Å². The molecule has 0 rings (SSSR count). The van der Waals surface area contributed by atoms with Crippen LogP contribution in [0.2, 0.25) is 0 Å². The van der Waals surface area contributed by atoms with Crippen molar-refractivity contribution in [1.82, 2.24) is 0 Å². The molecule has 0 fully saturated rings. The van der Waals surface area contributed by atoms with Gasteiger partial charge in [0, 0.05) is 4.57 Å². The molecule has 0 aliphatic rings. The molecule has 0 aliphatic heterocycles. The molecule has 0 aromatic heterocycles. The van der Waals surface area contributed by atoms with Gasteiger partial charge >= 0.3 is 8.25 Å². The number of aliphatic hydroxyl groups excluding tert-OH is 2. The Morgan fingerprint density at radius 2 is 2.00 bits per heavy atom. The fourth-order valence-corrected chi connectivity index (χ4v) is 1.10. The van der Waals surface area contributed by atoms with Crippen molar-refractivity contribution in [2.45, 2.75) is 19.1 Å². The van der Waals surface area contributed by atoms with Gasteiger partial charge in [0.25, 0.3) is 0 Å². The highest BCUT2D eigenvalue weighted by molar-refractivity contribution is 7.33. The Bertz CT molecular complexity index is 164. The molecule has 3 unspecified atom stereocenters. The van der Waals surface area contributed by atoms with Crippen molar-refractivity contribution in [3.05, 3.63) is 0 Å². The van der Waals surface area contributed by atoms with Crippen molar-refractivity contribution in [2.75, 3.05) is 26.9 Å². The minimum absolute atomic E-state index is 0.0378. The summed E-state index contributed by atoms with van der Waals surface area (Å²) in [6, 6.07) is 0. The Morgan fingerprint density at radius 1 is 1.36 bits per heavy atom. The maximum atomic E-state index is 10.7.